The number of rotatable bonds is 4. The molecule has 0 fully saturated rings. The van der Waals surface area contributed by atoms with Gasteiger partial charge >= 0.3 is 0 Å². The molecule has 1 amide bonds. The van der Waals surface area contributed by atoms with Crippen LogP contribution in [0.25, 0.3) is 0 Å². The molecule has 0 atom stereocenters. The molecular weight excluding hydrogens is 278 g/mol. The van der Waals surface area contributed by atoms with Crippen LogP contribution in [-0.2, 0) is 0 Å². The molecule has 0 radical (unpaired) electrons. The summed E-state index contributed by atoms with van der Waals surface area (Å²) in [6.07, 6.45) is 1.44. The minimum absolute atomic E-state index is 0.0514. The van der Waals surface area contributed by atoms with Gasteiger partial charge < -0.3 is 9.73 Å². The van der Waals surface area contributed by atoms with Crippen molar-refractivity contribution in [2.24, 2.45) is 0 Å². The molecule has 3 aromatic rings. The topological polar surface area (TPSA) is 59.3 Å². The fourth-order valence-electron chi connectivity index (χ4n) is 2.06. The van der Waals surface area contributed by atoms with E-state index in [1.165, 1.54) is 6.26 Å². The Morgan fingerprint density at radius 1 is 0.773 bits per heavy atom. The molecule has 1 aromatic heterocycles. The van der Waals surface area contributed by atoms with Crippen LogP contribution < -0.4 is 5.32 Å². The van der Waals surface area contributed by atoms with Crippen LogP contribution in [0.4, 0.5) is 5.69 Å². The van der Waals surface area contributed by atoms with Crippen molar-refractivity contribution < 1.29 is 14.0 Å². The summed E-state index contributed by atoms with van der Waals surface area (Å²) in [6, 6.07) is 19.1. The van der Waals surface area contributed by atoms with Crippen molar-refractivity contribution in [1.29, 1.82) is 0 Å². The summed E-state index contributed by atoms with van der Waals surface area (Å²) in [7, 11) is 0. The van der Waals surface area contributed by atoms with Gasteiger partial charge in [0.2, 0.25) is 0 Å². The van der Waals surface area contributed by atoms with Gasteiger partial charge in [0.25, 0.3) is 5.91 Å². The molecular formula is C18H13NO3. The normalized spacial score (nSPS) is 10.2. The van der Waals surface area contributed by atoms with Gasteiger partial charge in [-0.25, -0.2) is 0 Å². The van der Waals surface area contributed by atoms with Crippen LogP contribution in [-0.4, -0.2) is 11.7 Å². The zero-order valence-corrected chi connectivity index (χ0v) is 11.7. The number of carbonyl (C=O) groups excluding carboxylic acids is 2. The van der Waals surface area contributed by atoms with Gasteiger partial charge in [0, 0.05) is 16.8 Å². The van der Waals surface area contributed by atoms with E-state index in [2.05, 4.69) is 5.32 Å². The average molecular weight is 291 g/mol. The Labute approximate surface area is 127 Å². The van der Waals surface area contributed by atoms with Crippen LogP contribution in [0.5, 0.6) is 0 Å². The number of hydrogen-bond acceptors (Lipinski definition) is 3. The smallest absolute Gasteiger partial charge is 0.291 e. The molecule has 3 rings (SSSR count). The van der Waals surface area contributed by atoms with E-state index in [1.54, 1.807) is 48.5 Å². The third-order valence-electron chi connectivity index (χ3n) is 3.19. The van der Waals surface area contributed by atoms with Gasteiger partial charge in [-0.1, -0.05) is 30.3 Å². The number of nitrogens with one attached hydrogen (secondary N) is 1. The number of furan rings is 1. The maximum absolute atomic E-state index is 12.3. The van der Waals surface area contributed by atoms with E-state index < -0.39 is 0 Å². The first-order valence-electron chi connectivity index (χ1n) is 6.79. The second kappa shape index (κ2) is 6.10. The van der Waals surface area contributed by atoms with Gasteiger partial charge in [-0.3, -0.25) is 9.59 Å². The lowest BCUT2D eigenvalue weighted by molar-refractivity contribution is 0.0995. The maximum Gasteiger partial charge on any atom is 0.291 e. The number of ketones is 1. The number of anilines is 1. The minimum atomic E-state index is -0.327. The average Bonchev–Trinajstić information content (AvgIpc) is 3.10. The summed E-state index contributed by atoms with van der Waals surface area (Å²) in [4.78, 5) is 24.1. The molecule has 0 aliphatic heterocycles. The lowest BCUT2D eigenvalue weighted by Crippen LogP contribution is -2.11. The standard InChI is InChI=1S/C18H13NO3/c20-17(13-5-2-1-3-6-13)14-8-10-15(11-9-14)19-18(21)16-7-4-12-22-16/h1-12H,(H,19,21). The molecule has 2 aromatic carbocycles. The van der Waals surface area contributed by atoms with E-state index in [-0.39, 0.29) is 17.5 Å². The van der Waals surface area contributed by atoms with Crippen LogP contribution in [0.1, 0.15) is 26.5 Å². The monoisotopic (exact) mass is 291 g/mol. The van der Waals surface area contributed by atoms with Crippen LogP contribution >= 0.6 is 0 Å². The van der Waals surface area contributed by atoms with Crippen molar-refractivity contribution in [3.05, 3.63) is 89.9 Å². The molecule has 1 heterocycles. The zero-order chi connectivity index (χ0) is 15.4. The number of amides is 1. The number of carbonyl (C=O) groups is 2. The highest BCUT2D eigenvalue weighted by atomic mass is 16.3. The fraction of sp³-hybridized carbons (Fsp3) is 0. The second-order valence-electron chi connectivity index (χ2n) is 4.70. The van der Waals surface area contributed by atoms with Crippen molar-refractivity contribution in [3.63, 3.8) is 0 Å². The van der Waals surface area contributed by atoms with Crippen molar-refractivity contribution in [2.75, 3.05) is 5.32 Å². The van der Waals surface area contributed by atoms with Crippen molar-refractivity contribution >= 4 is 17.4 Å². The third kappa shape index (κ3) is 2.96. The van der Waals surface area contributed by atoms with Gasteiger partial charge in [-0.2, -0.15) is 0 Å². The zero-order valence-electron chi connectivity index (χ0n) is 11.7. The molecule has 0 saturated carbocycles. The Morgan fingerprint density at radius 2 is 1.45 bits per heavy atom. The molecule has 108 valence electrons. The summed E-state index contributed by atoms with van der Waals surface area (Å²) in [5, 5.41) is 2.71. The first kappa shape index (κ1) is 13.8. The fourth-order valence-corrected chi connectivity index (χ4v) is 2.06. The molecule has 0 unspecified atom stereocenters. The first-order valence-corrected chi connectivity index (χ1v) is 6.79. The Hall–Kier alpha value is -3.14. The van der Waals surface area contributed by atoms with E-state index in [1.807, 2.05) is 18.2 Å². The SMILES string of the molecule is O=C(c1ccccc1)c1ccc(NC(=O)c2ccco2)cc1. The number of benzene rings is 2. The van der Waals surface area contributed by atoms with Crippen molar-refractivity contribution in [2.45, 2.75) is 0 Å². The Morgan fingerprint density at radius 3 is 2.09 bits per heavy atom. The summed E-state index contributed by atoms with van der Waals surface area (Å²) >= 11 is 0. The van der Waals surface area contributed by atoms with Crippen LogP contribution in [0, 0.1) is 0 Å². The highest BCUT2D eigenvalue weighted by molar-refractivity contribution is 6.09. The molecule has 4 nitrogen and oxygen atoms in total. The van der Waals surface area contributed by atoms with E-state index >= 15 is 0 Å². The predicted octanol–water partition coefficient (Wildman–Crippen LogP) is 3.76. The second-order valence-corrected chi connectivity index (χ2v) is 4.70. The summed E-state index contributed by atoms with van der Waals surface area (Å²) in [5.41, 5.74) is 1.81. The van der Waals surface area contributed by atoms with Crippen LogP contribution in [0.15, 0.2) is 77.4 Å². The van der Waals surface area contributed by atoms with E-state index in [4.69, 9.17) is 4.42 Å². The molecule has 22 heavy (non-hydrogen) atoms. The Kier molecular flexibility index (Phi) is 3.83. The van der Waals surface area contributed by atoms with E-state index in [0.29, 0.717) is 16.8 Å². The summed E-state index contributed by atoms with van der Waals surface area (Å²) in [6.45, 7) is 0. The molecule has 1 N–H and O–H groups in total. The van der Waals surface area contributed by atoms with Crippen LogP contribution in [0.3, 0.4) is 0 Å². The van der Waals surface area contributed by atoms with E-state index in [9.17, 15) is 9.59 Å². The van der Waals surface area contributed by atoms with Gasteiger partial charge in [0.05, 0.1) is 6.26 Å². The van der Waals surface area contributed by atoms with Gasteiger partial charge in [0.1, 0.15) is 0 Å². The van der Waals surface area contributed by atoms with Gasteiger partial charge in [-0.15, -0.1) is 0 Å². The number of hydrogen-bond donors (Lipinski definition) is 1. The summed E-state index contributed by atoms with van der Waals surface area (Å²) in [5.74, 6) is -0.138. The largest absolute Gasteiger partial charge is 0.459 e. The van der Waals surface area contributed by atoms with Crippen molar-refractivity contribution in [1.82, 2.24) is 0 Å². The third-order valence-corrected chi connectivity index (χ3v) is 3.19. The molecule has 0 aliphatic rings. The molecule has 4 heteroatoms. The lowest BCUT2D eigenvalue weighted by Gasteiger charge is -2.05. The summed E-state index contributed by atoms with van der Waals surface area (Å²) < 4.78 is 5.02. The Balaban J connectivity index is 1.73. The Bertz CT molecular complexity index is 775. The lowest BCUT2D eigenvalue weighted by atomic mass is 10.0. The molecule has 0 bridgehead atoms. The van der Waals surface area contributed by atoms with Crippen LogP contribution in [0.2, 0.25) is 0 Å². The van der Waals surface area contributed by atoms with Gasteiger partial charge in [-0.05, 0) is 36.4 Å². The maximum atomic E-state index is 12.3. The van der Waals surface area contributed by atoms with Gasteiger partial charge in [0.15, 0.2) is 11.5 Å². The quantitative estimate of drug-likeness (QED) is 0.744. The van der Waals surface area contributed by atoms with E-state index in [0.717, 1.165) is 0 Å². The highest BCUT2D eigenvalue weighted by Crippen LogP contribution is 2.15. The molecule has 0 saturated heterocycles. The highest BCUT2D eigenvalue weighted by Gasteiger charge is 2.10. The molecule has 0 spiro atoms. The first-order chi connectivity index (χ1) is 10.7. The minimum Gasteiger partial charge on any atom is -0.459 e. The predicted molar refractivity (Wildman–Crippen MR) is 83.0 cm³/mol. The van der Waals surface area contributed by atoms with Crippen molar-refractivity contribution in [3.8, 4) is 0 Å². The molecule has 0 aliphatic carbocycles.